The first-order valence-corrected chi connectivity index (χ1v) is 7.42. The largest absolute Gasteiger partial charge is 0.489 e. The van der Waals surface area contributed by atoms with Crippen LogP contribution in [-0.2, 0) is 6.42 Å². The number of hydrogen-bond donors (Lipinski definition) is 1. The molecule has 0 spiro atoms. The van der Waals surface area contributed by atoms with E-state index in [0.29, 0.717) is 6.10 Å². The number of nitrogens with zero attached hydrogens (tertiary/aromatic N) is 1. The van der Waals surface area contributed by atoms with Crippen molar-refractivity contribution in [2.45, 2.75) is 38.2 Å². The molecule has 1 aliphatic rings. The SMILES string of the molecule is CN1CCCC(Oc2ccc(CCCCN)cc2)C1. The number of likely N-dealkylation sites (N-methyl/N-ethyl adjacent to an activating group) is 1. The normalized spacial score (nSPS) is 20.4. The molecule has 1 aromatic carbocycles. The van der Waals surface area contributed by atoms with Gasteiger partial charge < -0.3 is 15.4 Å². The summed E-state index contributed by atoms with van der Waals surface area (Å²) in [7, 11) is 2.16. The predicted molar refractivity (Wildman–Crippen MR) is 79.6 cm³/mol. The molecule has 19 heavy (non-hydrogen) atoms. The van der Waals surface area contributed by atoms with Crippen LogP contribution in [0.1, 0.15) is 31.2 Å². The maximum atomic E-state index is 6.04. The van der Waals surface area contributed by atoms with E-state index in [1.54, 1.807) is 0 Å². The van der Waals surface area contributed by atoms with E-state index >= 15 is 0 Å². The van der Waals surface area contributed by atoms with Gasteiger partial charge in [-0.15, -0.1) is 0 Å². The highest BCUT2D eigenvalue weighted by Crippen LogP contribution is 2.19. The summed E-state index contributed by atoms with van der Waals surface area (Å²) in [6.07, 6.45) is 6.14. The molecule has 0 bridgehead atoms. The summed E-state index contributed by atoms with van der Waals surface area (Å²) in [5.41, 5.74) is 6.88. The second-order valence-corrected chi connectivity index (χ2v) is 5.53. The molecule has 106 valence electrons. The first kappa shape index (κ1) is 14.4. The van der Waals surface area contributed by atoms with E-state index in [2.05, 4.69) is 36.2 Å². The van der Waals surface area contributed by atoms with Crippen LogP contribution >= 0.6 is 0 Å². The van der Waals surface area contributed by atoms with Crippen molar-refractivity contribution in [3.8, 4) is 5.75 Å². The number of unbranched alkanes of at least 4 members (excludes halogenated alkanes) is 1. The van der Waals surface area contributed by atoms with Crippen LogP contribution in [0.3, 0.4) is 0 Å². The summed E-state index contributed by atoms with van der Waals surface area (Å²) in [6.45, 7) is 3.02. The molecular weight excluding hydrogens is 236 g/mol. The lowest BCUT2D eigenvalue weighted by Gasteiger charge is -2.30. The van der Waals surface area contributed by atoms with Crippen LogP contribution in [0.4, 0.5) is 0 Å². The van der Waals surface area contributed by atoms with Gasteiger partial charge in [-0.05, 0) is 69.9 Å². The third kappa shape index (κ3) is 4.84. The number of benzene rings is 1. The Morgan fingerprint density at radius 3 is 2.74 bits per heavy atom. The zero-order chi connectivity index (χ0) is 13.5. The summed E-state index contributed by atoms with van der Waals surface area (Å²) in [5, 5.41) is 0. The van der Waals surface area contributed by atoms with Gasteiger partial charge in [0, 0.05) is 6.54 Å². The monoisotopic (exact) mass is 262 g/mol. The van der Waals surface area contributed by atoms with E-state index < -0.39 is 0 Å². The van der Waals surface area contributed by atoms with Gasteiger partial charge in [-0.2, -0.15) is 0 Å². The van der Waals surface area contributed by atoms with E-state index in [9.17, 15) is 0 Å². The van der Waals surface area contributed by atoms with Gasteiger partial charge in [0.25, 0.3) is 0 Å². The zero-order valence-electron chi connectivity index (χ0n) is 12.0. The Hall–Kier alpha value is -1.06. The zero-order valence-corrected chi connectivity index (χ0v) is 12.0. The Morgan fingerprint density at radius 2 is 2.05 bits per heavy atom. The number of piperidine rings is 1. The minimum Gasteiger partial charge on any atom is -0.489 e. The molecule has 3 nitrogen and oxygen atoms in total. The van der Waals surface area contributed by atoms with Crippen molar-refractivity contribution < 1.29 is 4.74 Å². The lowest BCUT2D eigenvalue weighted by molar-refractivity contribution is 0.104. The second kappa shape index (κ2) is 7.51. The standard InChI is InChI=1S/C16H26N2O/c1-18-12-4-6-16(13-18)19-15-9-7-14(8-10-15)5-2-3-11-17/h7-10,16H,2-6,11-13,17H2,1H3. The fourth-order valence-corrected chi connectivity index (χ4v) is 2.62. The van der Waals surface area contributed by atoms with E-state index in [-0.39, 0.29) is 0 Å². The third-order valence-electron chi connectivity index (χ3n) is 3.73. The van der Waals surface area contributed by atoms with Crippen molar-refractivity contribution >= 4 is 0 Å². The maximum Gasteiger partial charge on any atom is 0.119 e. The molecule has 0 aromatic heterocycles. The van der Waals surface area contributed by atoms with Crippen LogP contribution < -0.4 is 10.5 Å². The second-order valence-electron chi connectivity index (χ2n) is 5.53. The molecule has 0 radical (unpaired) electrons. The lowest BCUT2D eigenvalue weighted by Crippen LogP contribution is -2.38. The van der Waals surface area contributed by atoms with E-state index in [4.69, 9.17) is 10.5 Å². The molecule has 1 unspecified atom stereocenters. The van der Waals surface area contributed by atoms with Crippen molar-refractivity contribution in [2.24, 2.45) is 5.73 Å². The van der Waals surface area contributed by atoms with Gasteiger partial charge in [0.2, 0.25) is 0 Å². The number of ether oxygens (including phenoxy) is 1. The summed E-state index contributed by atoms with van der Waals surface area (Å²) in [6, 6.07) is 8.57. The van der Waals surface area contributed by atoms with Gasteiger partial charge in [0.15, 0.2) is 0 Å². The van der Waals surface area contributed by atoms with Gasteiger partial charge in [-0.3, -0.25) is 0 Å². The number of hydrogen-bond acceptors (Lipinski definition) is 3. The van der Waals surface area contributed by atoms with Gasteiger partial charge in [-0.1, -0.05) is 12.1 Å². The molecule has 0 saturated carbocycles. The van der Waals surface area contributed by atoms with Crippen LogP contribution in [0, 0.1) is 0 Å². The average molecular weight is 262 g/mol. The Labute approximate surface area is 116 Å². The smallest absolute Gasteiger partial charge is 0.119 e. The topological polar surface area (TPSA) is 38.5 Å². The molecule has 1 saturated heterocycles. The molecule has 2 rings (SSSR count). The van der Waals surface area contributed by atoms with Gasteiger partial charge >= 0.3 is 0 Å². The molecule has 1 aliphatic heterocycles. The van der Waals surface area contributed by atoms with Crippen molar-refractivity contribution in [3.63, 3.8) is 0 Å². The Morgan fingerprint density at radius 1 is 1.26 bits per heavy atom. The number of aryl methyl sites for hydroxylation is 1. The fourth-order valence-electron chi connectivity index (χ4n) is 2.62. The molecule has 1 atom stereocenters. The van der Waals surface area contributed by atoms with Crippen molar-refractivity contribution in [1.29, 1.82) is 0 Å². The highest BCUT2D eigenvalue weighted by atomic mass is 16.5. The Bertz CT molecular complexity index is 364. The van der Waals surface area contributed by atoms with Gasteiger partial charge in [0.1, 0.15) is 11.9 Å². The fraction of sp³-hybridized carbons (Fsp3) is 0.625. The first-order chi connectivity index (χ1) is 9.28. The summed E-state index contributed by atoms with van der Waals surface area (Å²) < 4.78 is 6.04. The van der Waals surface area contributed by atoms with Crippen LogP contribution in [0.15, 0.2) is 24.3 Å². The maximum absolute atomic E-state index is 6.04. The van der Waals surface area contributed by atoms with Gasteiger partial charge in [0.05, 0.1) is 0 Å². The van der Waals surface area contributed by atoms with E-state index in [1.165, 1.54) is 31.4 Å². The molecule has 2 N–H and O–H groups in total. The minimum atomic E-state index is 0.349. The molecule has 3 heteroatoms. The molecule has 1 fully saturated rings. The van der Waals surface area contributed by atoms with Crippen molar-refractivity contribution in [1.82, 2.24) is 4.90 Å². The van der Waals surface area contributed by atoms with E-state index in [1.807, 2.05) is 0 Å². The third-order valence-corrected chi connectivity index (χ3v) is 3.73. The predicted octanol–water partition coefficient (Wildman–Crippen LogP) is 2.44. The lowest BCUT2D eigenvalue weighted by atomic mass is 10.1. The summed E-state index contributed by atoms with van der Waals surface area (Å²) in [5.74, 6) is 1.00. The van der Waals surface area contributed by atoms with Gasteiger partial charge in [-0.25, -0.2) is 0 Å². The van der Waals surface area contributed by atoms with Crippen molar-refractivity contribution in [2.75, 3.05) is 26.7 Å². The highest BCUT2D eigenvalue weighted by molar-refractivity contribution is 5.27. The first-order valence-electron chi connectivity index (χ1n) is 7.42. The van der Waals surface area contributed by atoms with Crippen LogP contribution in [0.5, 0.6) is 5.75 Å². The summed E-state index contributed by atoms with van der Waals surface area (Å²) >= 11 is 0. The van der Waals surface area contributed by atoms with Crippen LogP contribution in [-0.4, -0.2) is 37.7 Å². The number of rotatable bonds is 6. The number of nitrogens with two attached hydrogens (primary N) is 1. The molecule has 1 heterocycles. The van der Waals surface area contributed by atoms with Crippen LogP contribution in [0.25, 0.3) is 0 Å². The summed E-state index contributed by atoms with van der Waals surface area (Å²) in [4.78, 5) is 2.34. The van der Waals surface area contributed by atoms with Crippen molar-refractivity contribution in [3.05, 3.63) is 29.8 Å². The van der Waals surface area contributed by atoms with E-state index in [0.717, 1.165) is 31.7 Å². The Balaban J connectivity index is 1.81. The molecular formula is C16H26N2O. The minimum absolute atomic E-state index is 0.349. The molecule has 0 aliphatic carbocycles. The number of likely N-dealkylation sites (tertiary alicyclic amines) is 1. The highest BCUT2D eigenvalue weighted by Gasteiger charge is 2.18. The van der Waals surface area contributed by atoms with Crippen LogP contribution in [0.2, 0.25) is 0 Å². The average Bonchev–Trinajstić information content (AvgIpc) is 2.41. The quantitative estimate of drug-likeness (QED) is 0.800. The Kier molecular flexibility index (Phi) is 5.67. The molecule has 1 aromatic rings. The molecule has 0 amide bonds.